The van der Waals surface area contributed by atoms with Crippen molar-refractivity contribution in [3.8, 4) is 0 Å². The molecule has 0 heterocycles. The van der Waals surface area contributed by atoms with Gasteiger partial charge in [0, 0.05) is 19.8 Å². The van der Waals surface area contributed by atoms with Crippen molar-refractivity contribution in [1.82, 2.24) is 0 Å². The molecule has 0 rings (SSSR count). The minimum atomic E-state index is -2.65. The molecule has 0 unspecified atom stereocenters. The summed E-state index contributed by atoms with van der Waals surface area (Å²) in [5, 5.41) is 0. The predicted molar refractivity (Wildman–Crippen MR) is 56.1 cm³/mol. The van der Waals surface area contributed by atoms with Gasteiger partial charge in [0.15, 0.2) is 0 Å². The lowest BCUT2D eigenvalue weighted by Gasteiger charge is -2.29. The molecule has 0 amide bonds. The van der Waals surface area contributed by atoms with Crippen molar-refractivity contribution in [3.05, 3.63) is 0 Å². The fourth-order valence-electron chi connectivity index (χ4n) is 0.951. The largest absolute Gasteiger partial charge is 0.499 e. The van der Waals surface area contributed by atoms with Crippen LogP contribution < -0.4 is 0 Å². The number of hydrogen-bond donors (Lipinski definition) is 0. The third-order valence-electron chi connectivity index (χ3n) is 1.18. The molecule has 13 heavy (non-hydrogen) atoms. The Hall–Kier alpha value is 0.677. The van der Waals surface area contributed by atoms with Gasteiger partial charge in [0.25, 0.3) is 0 Å². The fourth-order valence-corrected chi connectivity index (χ4v) is 3.69. The Morgan fingerprint density at radius 2 is 1.54 bits per heavy atom. The quantitative estimate of drug-likeness (QED) is 0.533. The monoisotopic (exact) mass is 246 g/mol. The van der Waals surface area contributed by atoms with Gasteiger partial charge in [-0.1, -0.05) is 23.2 Å². The first-order valence-electron chi connectivity index (χ1n) is 4.19. The summed E-state index contributed by atoms with van der Waals surface area (Å²) in [6, 6.07) is 0. The van der Waals surface area contributed by atoms with Crippen molar-refractivity contribution in [3.63, 3.8) is 0 Å². The zero-order valence-electron chi connectivity index (χ0n) is 8.39. The van der Waals surface area contributed by atoms with Gasteiger partial charge in [-0.05, 0) is 20.8 Å². The molecule has 80 valence electrons. The van der Waals surface area contributed by atoms with E-state index in [-0.39, 0.29) is 0 Å². The second-order valence-corrected chi connectivity index (χ2v) is 6.78. The zero-order valence-corrected chi connectivity index (χ0v) is 10.9. The van der Waals surface area contributed by atoms with E-state index in [1.54, 1.807) is 13.5 Å². The maximum atomic E-state index is 5.71. The van der Waals surface area contributed by atoms with Gasteiger partial charge >= 0.3 is 8.80 Å². The molecule has 0 fully saturated rings. The molecule has 0 aromatic carbocycles. The predicted octanol–water partition coefficient (Wildman–Crippen LogP) is 2.80. The molecule has 0 saturated heterocycles. The summed E-state index contributed by atoms with van der Waals surface area (Å²) in [6.45, 7) is 8.09. The molecule has 0 spiro atoms. The van der Waals surface area contributed by atoms with Gasteiger partial charge in [-0.15, -0.1) is 0 Å². The molecule has 0 aliphatic rings. The minimum absolute atomic E-state index is 0.520. The Kier molecular flexibility index (Phi) is 5.82. The molecule has 0 aliphatic heterocycles. The van der Waals surface area contributed by atoms with Crippen molar-refractivity contribution in [2.45, 2.75) is 31.8 Å². The van der Waals surface area contributed by atoms with Crippen LogP contribution in [-0.2, 0) is 13.3 Å². The lowest BCUT2D eigenvalue weighted by molar-refractivity contribution is 0.0557. The van der Waals surface area contributed by atoms with Crippen LogP contribution in [0, 0.1) is 0 Å². The standard InChI is InChI=1S/C7H16Cl2O3Si/c1-5-10-13(4,11-6-2)12-7(3,8)9/h5-6H2,1-4H3. The lowest BCUT2D eigenvalue weighted by atomic mass is 10.9. The summed E-state index contributed by atoms with van der Waals surface area (Å²) < 4.78 is 14.8. The third-order valence-corrected chi connectivity index (χ3v) is 4.00. The van der Waals surface area contributed by atoms with Gasteiger partial charge in [0.2, 0.25) is 4.52 Å². The first kappa shape index (κ1) is 13.7. The third kappa shape index (κ3) is 6.71. The molecule has 0 radical (unpaired) electrons. The molecule has 0 saturated carbocycles. The highest BCUT2D eigenvalue weighted by Crippen LogP contribution is 2.27. The maximum Gasteiger partial charge on any atom is 0.499 e. The van der Waals surface area contributed by atoms with E-state index in [4.69, 9.17) is 36.5 Å². The highest BCUT2D eigenvalue weighted by molar-refractivity contribution is 6.61. The topological polar surface area (TPSA) is 27.7 Å². The van der Waals surface area contributed by atoms with Crippen LogP contribution in [0.5, 0.6) is 0 Å². The molecule has 0 aliphatic carbocycles. The van der Waals surface area contributed by atoms with E-state index in [0.29, 0.717) is 13.2 Å². The van der Waals surface area contributed by atoms with Crippen molar-refractivity contribution < 1.29 is 13.3 Å². The van der Waals surface area contributed by atoms with Crippen LogP contribution in [-0.4, -0.2) is 26.5 Å². The smallest absolute Gasteiger partial charge is 0.374 e. The van der Waals surface area contributed by atoms with E-state index in [1.807, 2.05) is 13.8 Å². The van der Waals surface area contributed by atoms with Crippen molar-refractivity contribution in [2.75, 3.05) is 13.2 Å². The number of alkyl halides is 2. The summed E-state index contributed by atoms with van der Waals surface area (Å²) in [5.41, 5.74) is 0. The molecular formula is C7H16Cl2O3Si. The SMILES string of the molecule is CCO[Si](C)(OCC)OC(C)(Cl)Cl. The second kappa shape index (κ2) is 5.53. The van der Waals surface area contributed by atoms with Gasteiger partial charge in [0.1, 0.15) is 0 Å². The molecular weight excluding hydrogens is 231 g/mol. The van der Waals surface area contributed by atoms with E-state index in [1.165, 1.54) is 0 Å². The normalized spacial score (nSPS) is 13.4. The van der Waals surface area contributed by atoms with E-state index >= 15 is 0 Å². The van der Waals surface area contributed by atoms with E-state index in [2.05, 4.69) is 0 Å². The van der Waals surface area contributed by atoms with Crippen LogP contribution in [0.3, 0.4) is 0 Å². The van der Waals surface area contributed by atoms with Gasteiger partial charge in [-0.2, -0.15) is 0 Å². The van der Waals surface area contributed by atoms with E-state index in [0.717, 1.165) is 0 Å². The summed E-state index contributed by atoms with van der Waals surface area (Å²) in [4.78, 5) is 0. The minimum Gasteiger partial charge on any atom is -0.374 e. The molecule has 0 atom stereocenters. The van der Waals surface area contributed by atoms with Gasteiger partial charge in [-0.3, -0.25) is 0 Å². The van der Waals surface area contributed by atoms with Gasteiger partial charge < -0.3 is 13.3 Å². The summed E-state index contributed by atoms with van der Waals surface area (Å²) in [7, 11) is -2.65. The van der Waals surface area contributed by atoms with Crippen LogP contribution in [0.2, 0.25) is 6.55 Å². The zero-order chi connectivity index (χ0) is 10.5. The average molecular weight is 247 g/mol. The molecule has 0 aromatic heterocycles. The average Bonchev–Trinajstić information content (AvgIpc) is 1.82. The highest BCUT2D eigenvalue weighted by atomic mass is 35.5. The van der Waals surface area contributed by atoms with Crippen molar-refractivity contribution in [2.24, 2.45) is 0 Å². The maximum absolute atomic E-state index is 5.71. The van der Waals surface area contributed by atoms with Crippen LogP contribution in [0.1, 0.15) is 20.8 Å². The summed E-state index contributed by atoms with van der Waals surface area (Å²) >= 11 is 11.4. The number of rotatable bonds is 6. The molecule has 0 aromatic rings. The molecule has 0 bridgehead atoms. The van der Waals surface area contributed by atoms with E-state index in [9.17, 15) is 0 Å². The first-order chi connectivity index (χ1) is 5.83. The highest BCUT2D eigenvalue weighted by Gasteiger charge is 2.40. The van der Waals surface area contributed by atoms with Gasteiger partial charge in [-0.25, -0.2) is 0 Å². The number of halogens is 2. The van der Waals surface area contributed by atoms with Gasteiger partial charge in [0.05, 0.1) is 0 Å². The fraction of sp³-hybridized carbons (Fsp3) is 1.00. The number of hydrogen-bond acceptors (Lipinski definition) is 3. The summed E-state index contributed by atoms with van der Waals surface area (Å²) in [5.74, 6) is 0. The Morgan fingerprint density at radius 3 is 1.77 bits per heavy atom. The van der Waals surface area contributed by atoms with Crippen molar-refractivity contribution in [1.29, 1.82) is 0 Å². The molecule has 6 heteroatoms. The van der Waals surface area contributed by atoms with Crippen LogP contribution >= 0.6 is 23.2 Å². The second-order valence-electron chi connectivity index (χ2n) is 2.64. The molecule has 3 nitrogen and oxygen atoms in total. The van der Waals surface area contributed by atoms with Crippen LogP contribution in [0.4, 0.5) is 0 Å². The Morgan fingerprint density at radius 1 is 1.15 bits per heavy atom. The Bertz CT molecular complexity index is 143. The Labute approximate surface area is 90.6 Å². The Balaban J connectivity index is 4.22. The van der Waals surface area contributed by atoms with E-state index < -0.39 is 13.3 Å². The van der Waals surface area contributed by atoms with Crippen molar-refractivity contribution >= 4 is 32.0 Å². The lowest BCUT2D eigenvalue weighted by Crippen LogP contribution is -2.46. The van der Waals surface area contributed by atoms with Crippen LogP contribution in [0.15, 0.2) is 0 Å². The first-order valence-corrected chi connectivity index (χ1v) is 7.17. The molecule has 0 N–H and O–H groups in total. The summed E-state index contributed by atoms with van der Waals surface area (Å²) in [6.07, 6.45) is 0. The van der Waals surface area contributed by atoms with Crippen LogP contribution in [0.25, 0.3) is 0 Å².